The highest BCUT2D eigenvalue weighted by Crippen LogP contribution is 2.33. The van der Waals surface area contributed by atoms with E-state index in [1.165, 1.54) is 41.6 Å². The molecular weight excluding hydrogens is 609 g/mol. The number of hydrogen-bond donors (Lipinski definition) is 2. The zero-order valence-electron chi connectivity index (χ0n) is 24.2. The van der Waals surface area contributed by atoms with E-state index >= 15 is 0 Å². The van der Waals surface area contributed by atoms with Crippen molar-refractivity contribution in [2.75, 3.05) is 11.1 Å². The van der Waals surface area contributed by atoms with Crippen LogP contribution in [0, 0.1) is 5.82 Å². The lowest BCUT2D eigenvalue weighted by Gasteiger charge is -2.15. The van der Waals surface area contributed by atoms with E-state index in [4.69, 9.17) is 11.6 Å². The van der Waals surface area contributed by atoms with Gasteiger partial charge in [-0.1, -0.05) is 60.1 Å². The van der Waals surface area contributed by atoms with Crippen LogP contribution in [-0.2, 0) is 17.6 Å². The Labute approximate surface area is 269 Å². The highest BCUT2D eigenvalue weighted by molar-refractivity contribution is 8.00. The first-order valence-electron chi connectivity index (χ1n) is 14.6. The molecule has 6 rings (SSSR count). The van der Waals surface area contributed by atoms with Crippen molar-refractivity contribution in [1.82, 2.24) is 9.88 Å². The summed E-state index contributed by atoms with van der Waals surface area (Å²) in [5.74, 6) is -1.62. The number of aryl methyl sites for hydroxylation is 1. The van der Waals surface area contributed by atoms with E-state index in [1.54, 1.807) is 48.5 Å². The van der Waals surface area contributed by atoms with E-state index in [9.17, 15) is 18.8 Å². The van der Waals surface area contributed by atoms with Crippen molar-refractivity contribution in [2.24, 2.45) is 0 Å². The zero-order chi connectivity index (χ0) is 31.3. The number of aromatic nitrogens is 1. The van der Waals surface area contributed by atoms with Crippen LogP contribution in [0.1, 0.15) is 44.8 Å². The summed E-state index contributed by atoms with van der Waals surface area (Å²) in [5.41, 5.74) is 3.90. The van der Waals surface area contributed by atoms with Crippen LogP contribution in [0.2, 0.25) is 5.02 Å². The van der Waals surface area contributed by atoms with Gasteiger partial charge in [0.15, 0.2) is 0 Å². The molecule has 0 bridgehead atoms. The normalized spacial score (nSPS) is 12.9. The van der Waals surface area contributed by atoms with E-state index in [0.717, 1.165) is 47.2 Å². The largest absolute Gasteiger partial charge is 0.321 e. The SMILES string of the molecule is O=C(Nc1cccc(SCC(=O)n2c3c(c4ccccc42)CCCC3)c1)/C(=C/c1c(F)cccc1Cl)NC(=O)c1ccccc1. The van der Waals surface area contributed by atoms with Crippen LogP contribution in [0.4, 0.5) is 10.1 Å². The second-order valence-corrected chi connectivity index (χ2v) is 12.1. The Hall–Kier alpha value is -4.66. The van der Waals surface area contributed by atoms with Crippen molar-refractivity contribution in [3.05, 3.63) is 136 Å². The summed E-state index contributed by atoms with van der Waals surface area (Å²) in [7, 11) is 0. The standard InChI is InChI=1S/C36H29ClFN3O3S/c37-29-16-9-17-30(38)28(29)21-31(40-35(43)23-10-2-1-3-11-23)36(44)39-24-12-8-13-25(20-24)45-22-34(42)41-32-18-6-4-14-26(32)27-15-5-7-19-33(27)41/h1-4,6,8-14,16-18,20-21H,5,7,15,19,22H2,(H,39,44)(H,40,43)/b31-21-. The molecule has 0 fully saturated rings. The van der Waals surface area contributed by atoms with Gasteiger partial charge in [0.1, 0.15) is 11.5 Å². The Balaban J connectivity index is 1.20. The molecular formula is C36H29ClFN3O3S. The highest BCUT2D eigenvalue weighted by Gasteiger charge is 2.23. The van der Waals surface area contributed by atoms with E-state index in [2.05, 4.69) is 16.7 Å². The summed E-state index contributed by atoms with van der Waals surface area (Å²) in [6, 6.07) is 27.7. The first kappa shape index (κ1) is 30.4. The Kier molecular flexibility index (Phi) is 9.14. The van der Waals surface area contributed by atoms with Crippen molar-refractivity contribution in [3.8, 4) is 0 Å². The van der Waals surface area contributed by atoms with E-state index in [-0.39, 0.29) is 27.9 Å². The Morgan fingerprint density at radius 1 is 0.889 bits per heavy atom. The van der Waals surface area contributed by atoms with Crippen molar-refractivity contribution in [2.45, 2.75) is 30.6 Å². The number of halogens is 2. The molecule has 2 amide bonds. The van der Waals surface area contributed by atoms with Gasteiger partial charge in [0.05, 0.1) is 16.3 Å². The van der Waals surface area contributed by atoms with Crippen LogP contribution in [0.3, 0.4) is 0 Å². The number of fused-ring (bicyclic) bond motifs is 3. The van der Waals surface area contributed by atoms with Crippen LogP contribution in [-0.4, -0.2) is 28.0 Å². The monoisotopic (exact) mass is 637 g/mol. The maximum Gasteiger partial charge on any atom is 0.272 e. The van der Waals surface area contributed by atoms with E-state index in [0.29, 0.717) is 11.3 Å². The summed E-state index contributed by atoms with van der Waals surface area (Å²) < 4.78 is 16.5. The minimum atomic E-state index is -0.665. The van der Waals surface area contributed by atoms with Gasteiger partial charge < -0.3 is 10.6 Å². The quantitative estimate of drug-likeness (QED) is 0.133. The minimum absolute atomic E-state index is 0.00407. The first-order chi connectivity index (χ1) is 21.9. The Morgan fingerprint density at radius 3 is 2.47 bits per heavy atom. The van der Waals surface area contributed by atoms with Gasteiger partial charge in [-0.25, -0.2) is 4.39 Å². The smallest absolute Gasteiger partial charge is 0.272 e. The van der Waals surface area contributed by atoms with Crippen LogP contribution < -0.4 is 10.6 Å². The van der Waals surface area contributed by atoms with Crippen molar-refractivity contribution in [3.63, 3.8) is 0 Å². The van der Waals surface area contributed by atoms with Crippen LogP contribution in [0.5, 0.6) is 0 Å². The number of carbonyl (C=O) groups excluding carboxylic acids is 3. The summed E-state index contributed by atoms with van der Waals surface area (Å²) in [4.78, 5) is 40.8. The maximum atomic E-state index is 14.6. The topological polar surface area (TPSA) is 80.2 Å². The molecule has 2 N–H and O–H groups in total. The third-order valence-corrected chi connectivity index (χ3v) is 9.01. The van der Waals surface area contributed by atoms with Gasteiger partial charge in [-0.15, -0.1) is 11.8 Å². The van der Waals surface area contributed by atoms with Gasteiger partial charge in [-0.05, 0) is 85.9 Å². The average Bonchev–Trinajstić information content (AvgIpc) is 3.40. The lowest BCUT2D eigenvalue weighted by atomic mass is 9.96. The summed E-state index contributed by atoms with van der Waals surface area (Å²) >= 11 is 7.60. The summed E-state index contributed by atoms with van der Waals surface area (Å²) in [5, 5.41) is 6.63. The van der Waals surface area contributed by atoms with Gasteiger partial charge >= 0.3 is 0 Å². The fourth-order valence-corrected chi connectivity index (χ4v) is 6.61. The van der Waals surface area contributed by atoms with Crippen molar-refractivity contribution in [1.29, 1.82) is 0 Å². The predicted octanol–water partition coefficient (Wildman–Crippen LogP) is 8.15. The van der Waals surface area contributed by atoms with Crippen LogP contribution in [0.15, 0.2) is 108 Å². The van der Waals surface area contributed by atoms with Crippen molar-refractivity contribution >= 4 is 63.8 Å². The molecule has 1 heterocycles. The predicted molar refractivity (Wildman–Crippen MR) is 178 cm³/mol. The van der Waals surface area contributed by atoms with E-state index in [1.807, 2.05) is 28.8 Å². The van der Waals surface area contributed by atoms with Gasteiger partial charge in [-0.3, -0.25) is 19.0 Å². The summed E-state index contributed by atoms with van der Waals surface area (Å²) in [6.07, 6.45) is 5.28. The van der Waals surface area contributed by atoms with Gasteiger partial charge in [0.25, 0.3) is 11.8 Å². The molecule has 4 aromatic carbocycles. The number of rotatable bonds is 8. The number of carbonyl (C=O) groups is 3. The Morgan fingerprint density at radius 2 is 1.64 bits per heavy atom. The Bertz CT molecular complexity index is 1930. The molecule has 1 aromatic heterocycles. The number of para-hydroxylation sites is 1. The molecule has 1 aliphatic rings. The number of benzene rings is 4. The minimum Gasteiger partial charge on any atom is -0.321 e. The zero-order valence-corrected chi connectivity index (χ0v) is 25.8. The molecule has 0 spiro atoms. The molecule has 9 heteroatoms. The number of nitrogens with one attached hydrogen (secondary N) is 2. The van der Waals surface area contributed by atoms with Gasteiger partial charge in [-0.2, -0.15) is 0 Å². The number of amides is 2. The number of nitrogens with zero attached hydrogens (tertiary/aromatic N) is 1. The molecule has 0 radical (unpaired) electrons. The molecule has 0 saturated heterocycles. The fourth-order valence-electron chi connectivity index (χ4n) is 5.59. The van der Waals surface area contributed by atoms with Crippen LogP contribution >= 0.6 is 23.4 Å². The molecule has 6 nitrogen and oxygen atoms in total. The number of hydrogen-bond acceptors (Lipinski definition) is 4. The average molecular weight is 638 g/mol. The highest BCUT2D eigenvalue weighted by atomic mass is 35.5. The first-order valence-corrected chi connectivity index (χ1v) is 16.0. The fraction of sp³-hybridized carbons (Fsp3) is 0.139. The van der Waals surface area contributed by atoms with E-state index < -0.39 is 17.6 Å². The number of anilines is 1. The number of thioether (sulfide) groups is 1. The molecule has 226 valence electrons. The second kappa shape index (κ2) is 13.5. The van der Waals surface area contributed by atoms with Gasteiger partial charge in [0, 0.05) is 32.8 Å². The van der Waals surface area contributed by atoms with Gasteiger partial charge in [0.2, 0.25) is 5.91 Å². The molecule has 5 aromatic rings. The molecule has 0 unspecified atom stereocenters. The molecule has 45 heavy (non-hydrogen) atoms. The molecule has 0 saturated carbocycles. The molecule has 1 aliphatic carbocycles. The van der Waals surface area contributed by atoms with Crippen molar-refractivity contribution < 1.29 is 18.8 Å². The third kappa shape index (κ3) is 6.72. The second-order valence-electron chi connectivity index (χ2n) is 10.7. The lowest BCUT2D eigenvalue weighted by molar-refractivity contribution is -0.113. The van der Waals surface area contributed by atoms with Crippen LogP contribution in [0.25, 0.3) is 17.0 Å². The molecule has 0 atom stereocenters. The maximum absolute atomic E-state index is 14.6. The summed E-state index contributed by atoms with van der Waals surface area (Å²) in [6.45, 7) is 0. The lowest BCUT2D eigenvalue weighted by Crippen LogP contribution is -2.30. The third-order valence-electron chi connectivity index (χ3n) is 7.70. The molecule has 0 aliphatic heterocycles.